The molecule has 0 amide bonds. The molecule has 0 fully saturated rings. The Morgan fingerprint density at radius 2 is 1.35 bits per heavy atom. The van der Waals surface area contributed by atoms with Crippen LogP contribution in [0.1, 0.15) is 11.1 Å². The first-order valence-corrected chi connectivity index (χ1v) is 7.18. The first-order chi connectivity index (χ1) is 9.66. The summed E-state index contributed by atoms with van der Waals surface area (Å²) in [5.74, 6) is -0.263. The summed E-state index contributed by atoms with van der Waals surface area (Å²) in [7, 11) is 0. The lowest BCUT2D eigenvalue weighted by atomic mass is 9.90. The predicted octanol–water partition coefficient (Wildman–Crippen LogP) is 2.87. The van der Waals surface area contributed by atoms with E-state index in [1.807, 2.05) is 60.7 Å². The molecule has 20 heavy (non-hydrogen) atoms. The number of rotatable bonds is 6. The van der Waals surface area contributed by atoms with Crippen molar-refractivity contribution in [1.82, 2.24) is 0 Å². The van der Waals surface area contributed by atoms with Gasteiger partial charge in [-0.1, -0.05) is 60.7 Å². The molecule has 2 rings (SSSR count). The van der Waals surface area contributed by atoms with Crippen LogP contribution in [0.25, 0.3) is 0 Å². The minimum absolute atomic E-state index is 0.141. The molecule has 0 unspecified atom stereocenters. The molecule has 0 aliphatic heterocycles. The molecule has 0 heterocycles. The van der Waals surface area contributed by atoms with E-state index >= 15 is 0 Å². The smallest absolute Gasteiger partial charge is 0.190 e. The summed E-state index contributed by atoms with van der Waals surface area (Å²) >= 11 is 4.01. The molecular formula is C17H19NOS. The maximum atomic E-state index is 11.8. The lowest BCUT2D eigenvalue weighted by Gasteiger charge is -2.21. The predicted molar refractivity (Wildman–Crippen MR) is 85.8 cm³/mol. The van der Waals surface area contributed by atoms with Crippen molar-refractivity contribution in [2.45, 2.75) is 18.9 Å². The largest absolute Gasteiger partial charge is 0.327 e. The summed E-state index contributed by atoms with van der Waals surface area (Å²) < 4.78 is 0. The van der Waals surface area contributed by atoms with E-state index in [1.165, 1.54) is 0 Å². The molecular weight excluding hydrogens is 266 g/mol. The van der Waals surface area contributed by atoms with Crippen LogP contribution in [0.4, 0.5) is 0 Å². The molecule has 0 radical (unpaired) electrons. The van der Waals surface area contributed by atoms with Crippen molar-refractivity contribution in [3.05, 3.63) is 71.8 Å². The molecule has 0 aliphatic carbocycles. The highest BCUT2D eigenvalue weighted by Crippen LogP contribution is 2.17. The molecule has 0 saturated carbocycles. The Hall–Kier alpha value is -1.58. The van der Waals surface area contributed by atoms with E-state index in [1.54, 1.807) is 0 Å². The average Bonchev–Trinajstić information content (AvgIpc) is 2.46. The summed E-state index contributed by atoms with van der Waals surface area (Å²) in [5, 5.41) is -0.141. The maximum absolute atomic E-state index is 11.8. The van der Waals surface area contributed by atoms with Gasteiger partial charge in [0.05, 0.1) is 0 Å². The number of nitrogens with two attached hydrogens (primary N) is 1. The van der Waals surface area contributed by atoms with Gasteiger partial charge >= 0.3 is 0 Å². The summed E-state index contributed by atoms with van der Waals surface area (Å²) in [4.78, 5) is 11.8. The molecule has 0 aliphatic rings. The molecule has 3 heteroatoms. The first kappa shape index (κ1) is 14.8. The Labute approximate surface area is 125 Å². The number of carbonyl (C=O) groups excluding carboxylic acids is 1. The summed E-state index contributed by atoms with van der Waals surface area (Å²) in [5.41, 5.74) is 8.49. The second-order valence-corrected chi connectivity index (χ2v) is 5.43. The SMILES string of the molecule is N[C@@H](Cc1ccccc1)[C@H](Cc1ccccc1)C(=O)S. The average molecular weight is 285 g/mol. The Kier molecular flexibility index (Phi) is 5.39. The molecule has 2 aromatic carbocycles. The third-order valence-electron chi connectivity index (χ3n) is 3.45. The van der Waals surface area contributed by atoms with E-state index in [-0.39, 0.29) is 17.1 Å². The molecule has 2 N–H and O–H groups in total. The highest BCUT2D eigenvalue weighted by molar-refractivity contribution is 7.96. The zero-order valence-corrected chi connectivity index (χ0v) is 12.2. The van der Waals surface area contributed by atoms with E-state index in [4.69, 9.17) is 5.73 Å². The summed E-state index contributed by atoms with van der Waals surface area (Å²) in [6, 6.07) is 19.7. The molecule has 2 nitrogen and oxygen atoms in total. The minimum Gasteiger partial charge on any atom is -0.327 e. The standard InChI is InChI=1S/C17H19NOS/c18-16(12-14-9-5-2-6-10-14)15(17(19)20)11-13-7-3-1-4-8-13/h1-10,15-16H,11-12,18H2,(H,19,20)/t15-,16-/m0/s1. The van der Waals surface area contributed by atoms with Gasteiger partial charge in [-0.15, -0.1) is 12.6 Å². The second kappa shape index (κ2) is 7.27. The van der Waals surface area contributed by atoms with Gasteiger partial charge in [0, 0.05) is 12.0 Å². The molecule has 104 valence electrons. The van der Waals surface area contributed by atoms with Crippen molar-refractivity contribution < 1.29 is 4.79 Å². The zero-order chi connectivity index (χ0) is 14.4. The number of carbonyl (C=O) groups is 1. The van der Waals surface area contributed by atoms with Gasteiger partial charge in [-0.2, -0.15) is 0 Å². The summed E-state index contributed by atoms with van der Waals surface area (Å²) in [6.07, 6.45) is 1.32. The van der Waals surface area contributed by atoms with Crippen LogP contribution >= 0.6 is 12.6 Å². The normalized spacial score (nSPS) is 13.7. The van der Waals surface area contributed by atoms with Crippen LogP contribution in [0.15, 0.2) is 60.7 Å². The molecule has 0 bridgehead atoms. The molecule has 0 spiro atoms. The van der Waals surface area contributed by atoms with E-state index in [0.29, 0.717) is 12.8 Å². The van der Waals surface area contributed by atoms with Gasteiger partial charge in [-0.05, 0) is 24.0 Å². The molecule has 2 aromatic rings. The van der Waals surface area contributed by atoms with Crippen LogP contribution < -0.4 is 5.73 Å². The van der Waals surface area contributed by atoms with Crippen LogP contribution in [-0.2, 0) is 17.6 Å². The van der Waals surface area contributed by atoms with E-state index in [9.17, 15) is 4.79 Å². The highest BCUT2D eigenvalue weighted by Gasteiger charge is 2.23. The fourth-order valence-corrected chi connectivity index (χ4v) is 2.60. The number of hydrogen-bond donors (Lipinski definition) is 2. The fraction of sp³-hybridized carbons (Fsp3) is 0.235. The van der Waals surface area contributed by atoms with Gasteiger partial charge in [0.25, 0.3) is 0 Å². The van der Waals surface area contributed by atoms with Crippen molar-refractivity contribution in [2.75, 3.05) is 0 Å². The van der Waals surface area contributed by atoms with Crippen molar-refractivity contribution in [3.63, 3.8) is 0 Å². The third-order valence-corrected chi connectivity index (χ3v) is 3.78. The monoisotopic (exact) mass is 285 g/mol. The molecule has 2 atom stereocenters. The molecule has 0 saturated heterocycles. The van der Waals surface area contributed by atoms with Crippen molar-refractivity contribution in [3.8, 4) is 0 Å². The van der Waals surface area contributed by atoms with Gasteiger partial charge < -0.3 is 5.73 Å². The van der Waals surface area contributed by atoms with Gasteiger partial charge in [-0.25, -0.2) is 0 Å². The topological polar surface area (TPSA) is 43.1 Å². The van der Waals surface area contributed by atoms with Crippen LogP contribution in [-0.4, -0.2) is 11.2 Å². The van der Waals surface area contributed by atoms with Gasteiger partial charge in [0.2, 0.25) is 0 Å². The van der Waals surface area contributed by atoms with Crippen LogP contribution in [0.5, 0.6) is 0 Å². The maximum Gasteiger partial charge on any atom is 0.190 e. The number of hydrogen-bond acceptors (Lipinski definition) is 2. The summed E-state index contributed by atoms with van der Waals surface area (Å²) in [6.45, 7) is 0. The van der Waals surface area contributed by atoms with Gasteiger partial charge in [0.15, 0.2) is 5.12 Å². The second-order valence-electron chi connectivity index (χ2n) is 4.99. The van der Waals surface area contributed by atoms with Crippen molar-refractivity contribution in [2.24, 2.45) is 11.7 Å². The fourth-order valence-electron chi connectivity index (χ4n) is 2.32. The van der Waals surface area contributed by atoms with Crippen LogP contribution in [0.3, 0.4) is 0 Å². The number of thiol groups is 1. The Bertz CT molecular complexity index is 541. The first-order valence-electron chi connectivity index (χ1n) is 6.73. The molecule has 0 aromatic heterocycles. The third kappa shape index (κ3) is 4.22. The van der Waals surface area contributed by atoms with Crippen LogP contribution in [0.2, 0.25) is 0 Å². The van der Waals surface area contributed by atoms with Crippen LogP contribution in [0, 0.1) is 5.92 Å². The quantitative estimate of drug-likeness (QED) is 0.802. The van der Waals surface area contributed by atoms with Gasteiger partial charge in [-0.3, -0.25) is 4.79 Å². The highest BCUT2D eigenvalue weighted by atomic mass is 32.1. The van der Waals surface area contributed by atoms with Gasteiger partial charge in [0.1, 0.15) is 0 Å². The number of benzene rings is 2. The Morgan fingerprint density at radius 3 is 1.80 bits per heavy atom. The zero-order valence-electron chi connectivity index (χ0n) is 11.3. The van der Waals surface area contributed by atoms with E-state index in [0.717, 1.165) is 11.1 Å². The lowest BCUT2D eigenvalue weighted by Crippen LogP contribution is -2.37. The van der Waals surface area contributed by atoms with Crippen molar-refractivity contribution >= 4 is 17.7 Å². The Morgan fingerprint density at radius 1 is 0.900 bits per heavy atom. The van der Waals surface area contributed by atoms with Crippen molar-refractivity contribution in [1.29, 1.82) is 0 Å². The van der Waals surface area contributed by atoms with E-state index in [2.05, 4.69) is 12.6 Å². The van der Waals surface area contributed by atoms with E-state index < -0.39 is 0 Å². The Balaban J connectivity index is 2.06. The minimum atomic E-state index is -0.263. The lowest BCUT2D eigenvalue weighted by molar-refractivity contribution is -0.114.